The Morgan fingerprint density at radius 3 is 2.32 bits per heavy atom. The molecule has 1 saturated carbocycles. The van der Waals surface area contributed by atoms with Crippen molar-refractivity contribution in [1.29, 1.82) is 0 Å². The molecule has 1 aliphatic carbocycles. The largest absolute Gasteiger partial charge is 0.468 e. The Morgan fingerprint density at radius 1 is 0.971 bits per heavy atom. The van der Waals surface area contributed by atoms with E-state index in [2.05, 4.69) is 29.4 Å². The summed E-state index contributed by atoms with van der Waals surface area (Å²) in [6.07, 6.45) is 3.77. The zero-order chi connectivity index (χ0) is 23.9. The number of carbonyl (C=O) groups excluding carboxylic acids is 2. The van der Waals surface area contributed by atoms with Gasteiger partial charge in [0, 0.05) is 18.2 Å². The Hall–Kier alpha value is -3.38. The van der Waals surface area contributed by atoms with Crippen LogP contribution in [-0.2, 0) is 17.9 Å². The SMILES string of the molecule is CC(C)C(NC(=O)CN(Cc1ccc(C(=O)NC2CC2)cc1)Cc1ccco1)c1ccccc1. The molecule has 1 aliphatic rings. The van der Waals surface area contributed by atoms with E-state index in [0.29, 0.717) is 24.7 Å². The maximum absolute atomic E-state index is 13.1. The van der Waals surface area contributed by atoms with E-state index in [1.54, 1.807) is 6.26 Å². The smallest absolute Gasteiger partial charge is 0.251 e. The predicted octanol–water partition coefficient (Wildman–Crippen LogP) is 4.69. The van der Waals surface area contributed by atoms with Gasteiger partial charge >= 0.3 is 0 Å². The van der Waals surface area contributed by atoms with E-state index in [1.807, 2.05) is 66.7 Å². The number of carbonyl (C=O) groups is 2. The quantitative estimate of drug-likeness (QED) is 0.436. The van der Waals surface area contributed by atoms with E-state index in [4.69, 9.17) is 4.42 Å². The van der Waals surface area contributed by atoms with Gasteiger partial charge in [0.15, 0.2) is 0 Å². The molecule has 1 atom stereocenters. The predicted molar refractivity (Wildman–Crippen MR) is 132 cm³/mol. The van der Waals surface area contributed by atoms with E-state index in [1.165, 1.54) is 0 Å². The summed E-state index contributed by atoms with van der Waals surface area (Å²) in [6, 6.07) is 21.7. The van der Waals surface area contributed by atoms with Crippen molar-refractivity contribution in [2.24, 2.45) is 5.92 Å². The lowest BCUT2D eigenvalue weighted by atomic mass is 9.96. The lowest BCUT2D eigenvalue weighted by molar-refractivity contribution is -0.123. The molecular formula is C28H33N3O3. The topological polar surface area (TPSA) is 74.6 Å². The van der Waals surface area contributed by atoms with Crippen LogP contribution in [0.2, 0.25) is 0 Å². The highest BCUT2D eigenvalue weighted by Crippen LogP contribution is 2.22. The maximum Gasteiger partial charge on any atom is 0.251 e. The fourth-order valence-corrected chi connectivity index (χ4v) is 4.02. The number of amides is 2. The first-order valence-electron chi connectivity index (χ1n) is 12.0. The molecule has 3 aromatic rings. The number of nitrogens with zero attached hydrogens (tertiary/aromatic N) is 1. The summed E-state index contributed by atoms with van der Waals surface area (Å²) in [7, 11) is 0. The summed E-state index contributed by atoms with van der Waals surface area (Å²) >= 11 is 0. The second kappa shape index (κ2) is 11.2. The zero-order valence-electron chi connectivity index (χ0n) is 19.9. The number of hydrogen-bond donors (Lipinski definition) is 2. The van der Waals surface area contributed by atoms with E-state index in [-0.39, 0.29) is 30.3 Å². The van der Waals surface area contributed by atoms with Crippen LogP contribution in [0.15, 0.2) is 77.4 Å². The van der Waals surface area contributed by atoms with Crippen molar-refractivity contribution in [3.63, 3.8) is 0 Å². The number of nitrogens with one attached hydrogen (secondary N) is 2. The molecule has 2 amide bonds. The van der Waals surface area contributed by atoms with Gasteiger partial charge in [0.1, 0.15) is 5.76 Å². The van der Waals surface area contributed by atoms with Gasteiger partial charge in [-0.25, -0.2) is 0 Å². The fraction of sp³-hybridized carbons (Fsp3) is 0.357. The molecule has 0 bridgehead atoms. The number of rotatable bonds is 11. The van der Waals surface area contributed by atoms with Crippen LogP contribution in [0.25, 0.3) is 0 Å². The number of hydrogen-bond acceptors (Lipinski definition) is 4. The Bertz CT molecular complexity index is 1060. The van der Waals surface area contributed by atoms with Gasteiger partial charge in [-0.15, -0.1) is 0 Å². The van der Waals surface area contributed by atoms with E-state index in [9.17, 15) is 9.59 Å². The average Bonchev–Trinajstić information content (AvgIpc) is 3.50. The van der Waals surface area contributed by atoms with E-state index >= 15 is 0 Å². The molecule has 1 unspecified atom stereocenters. The standard InChI is InChI=1S/C28H33N3O3/c1-20(2)27(22-7-4-3-5-8-22)30-26(32)19-31(18-25-9-6-16-34-25)17-21-10-12-23(13-11-21)28(33)29-24-14-15-24/h3-13,16,20,24,27H,14-15,17-19H2,1-2H3,(H,29,33)(H,30,32). The van der Waals surface area contributed by atoms with Gasteiger partial charge in [-0.1, -0.05) is 56.3 Å². The molecule has 1 heterocycles. The second-order valence-electron chi connectivity index (χ2n) is 9.37. The Labute approximate surface area is 201 Å². The number of benzene rings is 2. The highest BCUT2D eigenvalue weighted by molar-refractivity contribution is 5.94. The second-order valence-corrected chi connectivity index (χ2v) is 9.37. The monoisotopic (exact) mass is 459 g/mol. The molecular weight excluding hydrogens is 426 g/mol. The molecule has 0 aliphatic heterocycles. The van der Waals surface area contributed by atoms with Crippen LogP contribution >= 0.6 is 0 Å². The van der Waals surface area contributed by atoms with Crippen LogP contribution < -0.4 is 10.6 Å². The van der Waals surface area contributed by atoms with Gasteiger partial charge in [0.25, 0.3) is 5.91 Å². The van der Waals surface area contributed by atoms with Gasteiger partial charge < -0.3 is 15.1 Å². The third-order valence-corrected chi connectivity index (χ3v) is 6.00. The van der Waals surface area contributed by atoms with Crippen LogP contribution in [0, 0.1) is 5.92 Å². The van der Waals surface area contributed by atoms with Gasteiger partial charge in [0.05, 0.1) is 25.4 Å². The van der Waals surface area contributed by atoms with Crippen molar-refractivity contribution < 1.29 is 14.0 Å². The molecule has 4 rings (SSSR count). The Morgan fingerprint density at radius 2 is 1.71 bits per heavy atom. The lowest BCUT2D eigenvalue weighted by Gasteiger charge is -2.26. The molecule has 6 nitrogen and oxygen atoms in total. The Balaban J connectivity index is 1.42. The third-order valence-electron chi connectivity index (χ3n) is 6.00. The molecule has 34 heavy (non-hydrogen) atoms. The minimum absolute atomic E-state index is 0.0264. The first-order valence-corrected chi connectivity index (χ1v) is 12.0. The fourth-order valence-electron chi connectivity index (χ4n) is 4.02. The molecule has 2 aromatic carbocycles. The molecule has 0 radical (unpaired) electrons. The van der Waals surface area contributed by atoms with Crippen molar-refractivity contribution in [2.45, 2.75) is 51.9 Å². The molecule has 178 valence electrons. The zero-order valence-corrected chi connectivity index (χ0v) is 19.9. The maximum atomic E-state index is 13.1. The molecule has 1 fully saturated rings. The van der Waals surface area contributed by atoms with Crippen molar-refractivity contribution in [1.82, 2.24) is 15.5 Å². The summed E-state index contributed by atoms with van der Waals surface area (Å²) in [5.41, 5.74) is 2.79. The molecule has 1 aromatic heterocycles. The summed E-state index contributed by atoms with van der Waals surface area (Å²) in [4.78, 5) is 27.4. The summed E-state index contributed by atoms with van der Waals surface area (Å²) in [5, 5.41) is 6.22. The summed E-state index contributed by atoms with van der Waals surface area (Å²) in [5.74, 6) is 1.01. The first kappa shape index (κ1) is 23.8. The van der Waals surface area contributed by atoms with E-state index < -0.39 is 0 Å². The van der Waals surface area contributed by atoms with Crippen LogP contribution in [0.1, 0.15) is 60.0 Å². The van der Waals surface area contributed by atoms with Gasteiger partial charge in [-0.3, -0.25) is 14.5 Å². The average molecular weight is 460 g/mol. The Kier molecular flexibility index (Phi) is 7.80. The van der Waals surface area contributed by atoms with Crippen LogP contribution in [-0.4, -0.2) is 29.3 Å². The first-order chi connectivity index (χ1) is 16.5. The van der Waals surface area contributed by atoms with Gasteiger partial charge in [-0.05, 0) is 54.2 Å². The van der Waals surface area contributed by atoms with Crippen molar-refractivity contribution in [3.05, 3.63) is 95.4 Å². The van der Waals surface area contributed by atoms with Crippen molar-refractivity contribution in [2.75, 3.05) is 6.54 Å². The molecule has 2 N–H and O–H groups in total. The highest BCUT2D eigenvalue weighted by Gasteiger charge is 2.24. The van der Waals surface area contributed by atoms with Gasteiger partial charge in [0.2, 0.25) is 5.91 Å². The van der Waals surface area contributed by atoms with E-state index in [0.717, 1.165) is 29.7 Å². The van der Waals surface area contributed by atoms with Gasteiger partial charge in [-0.2, -0.15) is 0 Å². The van der Waals surface area contributed by atoms with Crippen LogP contribution in [0.3, 0.4) is 0 Å². The highest BCUT2D eigenvalue weighted by atomic mass is 16.3. The third kappa shape index (κ3) is 6.81. The molecule has 0 spiro atoms. The normalized spacial score (nSPS) is 14.2. The summed E-state index contributed by atoms with van der Waals surface area (Å²) in [6.45, 7) is 5.54. The lowest BCUT2D eigenvalue weighted by Crippen LogP contribution is -2.39. The molecule has 0 saturated heterocycles. The van der Waals surface area contributed by atoms with Crippen LogP contribution in [0.4, 0.5) is 0 Å². The number of furan rings is 1. The van der Waals surface area contributed by atoms with Crippen LogP contribution in [0.5, 0.6) is 0 Å². The van der Waals surface area contributed by atoms with Crippen molar-refractivity contribution in [3.8, 4) is 0 Å². The van der Waals surface area contributed by atoms with Crippen molar-refractivity contribution >= 4 is 11.8 Å². The molecule has 6 heteroatoms. The minimum atomic E-state index is -0.0524. The summed E-state index contributed by atoms with van der Waals surface area (Å²) < 4.78 is 5.54. The minimum Gasteiger partial charge on any atom is -0.468 e.